The fourth-order valence-corrected chi connectivity index (χ4v) is 4.94. The van der Waals surface area contributed by atoms with Crippen LogP contribution < -0.4 is 15.0 Å². The van der Waals surface area contributed by atoms with Gasteiger partial charge in [0.25, 0.3) is 5.56 Å². The van der Waals surface area contributed by atoms with Crippen molar-refractivity contribution in [2.24, 2.45) is 0 Å². The van der Waals surface area contributed by atoms with E-state index in [1.807, 2.05) is 36.7 Å². The van der Waals surface area contributed by atoms with Gasteiger partial charge in [0.15, 0.2) is 0 Å². The summed E-state index contributed by atoms with van der Waals surface area (Å²) in [7, 11) is 1.53. The summed E-state index contributed by atoms with van der Waals surface area (Å²) >= 11 is 1.37. The summed E-state index contributed by atoms with van der Waals surface area (Å²) in [6.45, 7) is 5.03. The van der Waals surface area contributed by atoms with E-state index in [-0.39, 0.29) is 30.0 Å². The zero-order chi connectivity index (χ0) is 26.4. The van der Waals surface area contributed by atoms with E-state index >= 15 is 0 Å². The highest BCUT2D eigenvalue weighted by Crippen LogP contribution is 2.31. The number of carbonyl (C=O) groups excluding carboxylic acids is 1. The number of nitriles is 1. The number of pyridine rings is 1. The van der Waals surface area contributed by atoms with Crippen LogP contribution in [-0.2, 0) is 17.8 Å². The molecule has 3 heterocycles. The van der Waals surface area contributed by atoms with Crippen LogP contribution in [0.4, 0.5) is 0 Å². The topological polar surface area (TPSA) is 108 Å². The molecule has 0 amide bonds. The maximum absolute atomic E-state index is 13.6. The molecule has 0 atom stereocenters. The van der Waals surface area contributed by atoms with E-state index in [9.17, 15) is 14.9 Å². The first-order chi connectivity index (χ1) is 18.0. The number of methoxy groups -OCH3 is 1. The first-order valence-corrected chi connectivity index (χ1v) is 12.9. The maximum Gasteiger partial charge on any atom is 0.343 e. The zero-order valence-corrected chi connectivity index (χ0v) is 21.8. The molecule has 0 aliphatic heterocycles. The molecule has 0 spiro atoms. The lowest BCUT2D eigenvalue weighted by Crippen LogP contribution is -2.26. The van der Waals surface area contributed by atoms with Crippen LogP contribution >= 0.6 is 11.3 Å². The molecule has 0 bridgehead atoms. The van der Waals surface area contributed by atoms with Gasteiger partial charge < -0.3 is 14.2 Å². The molecule has 1 aromatic carbocycles. The van der Waals surface area contributed by atoms with E-state index < -0.39 is 5.97 Å². The third-order valence-corrected chi connectivity index (χ3v) is 6.73. The summed E-state index contributed by atoms with van der Waals surface area (Å²) in [4.78, 5) is 26.4. The zero-order valence-electron chi connectivity index (χ0n) is 21.0. The summed E-state index contributed by atoms with van der Waals surface area (Å²) in [6.07, 6.45) is 5.24. The van der Waals surface area contributed by atoms with Gasteiger partial charge in [-0.3, -0.25) is 14.0 Å². The van der Waals surface area contributed by atoms with Gasteiger partial charge in [-0.1, -0.05) is 19.4 Å². The number of ether oxygens (including phenoxy) is 3. The van der Waals surface area contributed by atoms with E-state index in [2.05, 4.69) is 11.2 Å². The SMILES string of the molecule is CCCCOc1c(C(=O)OCC)c2sccc2n(Cc2cnn(Cc3ccc(C#N)c(OC)c3)c2)c1=O. The number of hydrogen-bond acceptors (Lipinski definition) is 8. The largest absolute Gasteiger partial charge is 0.495 e. The van der Waals surface area contributed by atoms with Gasteiger partial charge in [-0.2, -0.15) is 10.4 Å². The number of fused-ring (bicyclic) bond motifs is 1. The number of thiophene rings is 1. The van der Waals surface area contributed by atoms with Crippen molar-refractivity contribution in [3.05, 3.63) is 74.6 Å². The van der Waals surface area contributed by atoms with Gasteiger partial charge >= 0.3 is 5.97 Å². The molecule has 0 radical (unpaired) electrons. The van der Waals surface area contributed by atoms with E-state index in [0.29, 0.717) is 34.7 Å². The molecule has 0 fully saturated rings. The fourth-order valence-electron chi connectivity index (χ4n) is 4.01. The summed E-state index contributed by atoms with van der Waals surface area (Å²) in [5, 5.41) is 15.5. The van der Waals surface area contributed by atoms with Crippen molar-refractivity contribution in [2.45, 2.75) is 39.8 Å². The lowest BCUT2D eigenvalue weighted by molar-refractivity contribution is 0.0523. The Kier molecular flexibility index (Phi) is 8.25. The molecule has 10 heteroatoms. The van der Waals surface area contributed by atoms with E-state index in [1.165, 1.54) is 18.4 Å². The molecule has 4 rings (SSSR count). The van der Waals surface area contributed by atoms with Crippen molar-refractivity contribution in [1.29, 1.82) is 5.26 Å². The molecule has 9 nitrogen and oxygen atoms in total. The van der Waals surface area contributed by atoms with Crippen molar-refractivity contribution in [3.63, 3.8) is 0 Å². The molecule has 37 heavy (non-hydrogen) atoms. The van der Waals surface area contributed by atoms with E-state index in [1.54, 1.807) is 28.4 Å². The number of rotatable bonds is 11. The number of hydrogen-bond donors (Lipinski definition) is 0. The maximum atomic E-state index is 13.6. The molecule has 192 valence electrons. The third-order valence-electron chi connectivity index (χ3n) is 5.81. The predicted octanol–water partition coefficient (Wildman–Crippen LogP) is 4.59. The normalized spacial score (nSPS) is 10.9. The van der Waals surface area contributed by atoms with Crippen LogP contribution in [0.3, 0.4) is 0 Å². The highest BCUT2D eigenvalue weighted by Gasteiger charge is 2.25. The molecular weight excluding hydrogens is 492 g/mol. The highest BCUT2D eigenvalue weighted by molar-refractivity contribution is 7.17. The Morgan fingerprint density at radius 2 is 2.03 bits per heavy atom. The molecule has 0 aliphatic carbocycles. The van der Waals surface area contributed by atoms with Gasteiger partial charge in [-0.25, -0.2) is 4.79 Å². The number of unbranched alkanes of at least 4 members (excludes halogenated alkanes) is 1. The molecule has 3 aromatic heterocycles. The number of aromatic nitrogens is 3. The summed E-state index contributed by atoms with van der Waals surface area (Å²) in [5.74, 6) is -0.0219. The van der Waals surface area contributed by atoms with Crippen LogP contribution in [0.5, 0.6) is 11.5 Å². The average molecular weight is 521 g/mol. The molecule has 0 saturated heterocycles. The molecule has 0 saturated carbocycles. The van der Waals surface area contributed by atoms with E-state index in [4.69, 9.17) is 14.2 Å². The predicted molar refractivity (Wildman–Crippen MR) is 141 cm³/mol. The van der Waals surface area contributed by atoms with Crippen molar-refractivity contribution in [2.75, 3.05) is 20.3 Å². The standard InChI is InChI=1S/C27H28N4O5S/c1-4-6-10-36-24-23(27(33)35-5-2)25-21(9-11-37-25)31(26(24)32)17-19-14-29-30(16-19)15-18-7-8-20(13-28)22(12-18)34-3/h7-9,11-12,14,16H,4-6,10,15,17H2,1-3H3. The van der Waals surface area contributed by atoms with Crippen molar-refractivity contribution in [3.8, 4) is 17.6 Å². The summed E-state index contributed by atoms with van der Waals surface area (Å²) in [5.41, 5.74) is 2.66. The van der Waals surface area contributed by atoms with Crippen LogP contribution in [0.25, 0.3) is 10.2 Å². The number of benzene rings is 1. The van der Waals surface area contributed by atoms with Crippen LogP contribution in [0, 0.1) is 11.3 Å². The Morgan fingerprint density at radius 1 is 1.19 bits per heavy atom. The molecular formula is C27H28N4O5S. The lowest BCUT2D eigenvalue weighted by atomic mass is 10.1. The Bertz CT molecular complexity index is 1510. The molecule has 0 unspecified atom stereocenters. The number of carbonyl (C=O) groups is 1. The average Bonchev–Trinajstić information content (AvgIpc) is 3.56. The second-order valence-electron chi connectivity index (χ2n) is 8.35. The highest BCUT2D eigenvalue weighted by atomic mass is 32.1. The number of esters is 1. The van der Waals surface area contributed by atoms with Gasteiger partial charge in [0.2, 0.25) is 5.75 Å². The first kappa shape index (κ1) is 26.0. The quantitative estimate of drug-likeness (QED) is 0.210. The number of nitrogens with zero attached hydrogens (tertiary/aromatic N) is 4. The van der Waals surface area contributed by atoms with Gasteiger partial charge in [0, 0.05) is 11.8 Å². The van der Waals surface area contributed by atoms with Crippen LogP contribution in [0.2, 0.25) is 0 Å². The smallest absolute Gasteiger partial charge is 0.343 e. The molecule has 0 N–H and O–H groups in total. The van der Waals surface area contributed by atoms with Crippen LogP contribution in [0.1, 0.15) is 53.7 Å². The summed E-state index contributed by atoms with van der Waals surface area (Å²) < 4.78 is 20.5. The Morgan fingerprint density at radius 3 is 2.76 bits per heavy atom. The first-order valence-electron chi connectivity index (χ1n) is 12.0. The fraction of sp³-hybridized carbons (Fsp3) is 0.333. The van der Waals surface area contributed by atoms with Crippen molar-refractivity contribution in [1.82, 2.24) is 14.3 Å². The van der Waals surface area contributed by atoms with Crippen LogP contribution in [0.15, 0.2) is 46.8 Å². The van der Waals surface area contributed by atoms with Gasteiger partial charge in [-0.05, 0) is 42.5 Å². The van der Waals surface area contributed by atoms with E-state index in [0.717, 1.165) is 24.0 Å². The lowest BCUT2D eigenvalue weighted by Gasteiger charge is -2.15. The van der Waals surface area contributed by atoms with Crippen LogP contribution in [-0.4, -0.2) is 40.6 Å². The van der Waals surface area contributed by atoms with Gasteiger partial charge in [0.1, 0.15) is 17.4 Å². The molecule has 4 aromatic rings. The van der Waals surface area contributed by atoms with Crippen molar-refractivity contribution >= 4 is 27.5 Å². The minimum atomic E-state index is -0.559. The van der Waals surface area contributed by atoms with Gasteiger partial charge in [-0.15, -0.1) is 11.3 Å². The molecule has 0 aliphatic rings. The van der Waals surface area contributed by atoms with Crippen molar-refractivity contribution < 1.29 is 19.0 Å². The van der Waals surface area contributed by atoms with Gasteiger partial charge in [0.05, 0.1) is 55.4 Å². The minimum absolute atomic E-state index is 0.0268. The second kappa shape index (κ2) is 11.8. The summed E-state index contributed by atoms with van der Waals surface area (Å²) in [6, 6.07) is 9.32. The monoisotopic (exact) mass is 520 g/mol. The third kappa shape index (κ3) is 5.52. The Labute approximate surface area is 218 Å². The second-order valence-corrected chi connectivity index (χ2v) is 9.26. The minimum Gasteiger partial charge on any atom is -0.495 e. The Balaban J connectivity index is 1.67. The Hall–Kier alpha value is -4.10.